The zero-order valence-corrected chi connectivity index (χ0v) is 13.0. The minimum atomic E-state index is 0.881. The maximum absolute atomic E-state index is 5.19. The monoisotopic (exact) mass is 290 g/mol. The third-order valence-electron chi connectivity index (χ3n) is 3.87. The normalized spacial score (nSPS) is 11.2. The van der Waals surface area contributed by atoms with Gasteiger partial charge >= 0.3 is 0 Å². The predicted octanol–water partition coefficient (Wildman–Crippen LogP) is 4.33. The molecule has 0 aliphatic carbocycles. The van der Waals surface area contributed by atoms with E-state index in [1.807, 2.05) is 12.1 Å². The number of para-hydroxylation sites is 1. The van der Waals surface area contributed by atoms with E-state index in [1.54, 1.807) is 7.11 Å². The Bertz CT molecular complexity index is 804. The van der Waals surface area contributed by atoms with Crippen molar-refractivity contribution in [3.8, 4) is 5.75 Å². The number of rotatable bonds is 4. The van der Waals surface area contributed by atoms with Crippen molar-refractivity contribution >= 4 is 23.1 Å². The van der Waals surface area contributed by atoms with Gasteiger partial charge in [0, 0.05) is 12.1 Å². The van der Waals surface area contributed by atoms with Crippen LogP contribution < -0.4 is 9.30 Å². The van der Waals surface area contributed by atoms with Crippen LogP contribution in [0, 0.1) is 0 Å². The Hall–Kier alpha value is -2.61. The molecular formula is C20H20NO+. The maximum Gasteiger partial charge on any atom is 0.213 e. The number of benzene rings is 2. The number of ether oxygens (including phenoxy) is 1. The quantitative estimate of drug-likeness (QED) is 0.652. The molecule has 2 nitrogen and oxygen atoms in total. The molecule has 0 amide bonds. The highest BCUT2D eigenvalue weighted by molar-refractivity contribution is 5.88. The van der Waals surface area contributed by atoms with Crippen LogP contribution in [0.4, 0.5) is 0 Å². The predicted molar refractivity (Wildman–Crippen MR) is 91.7 cm³/mol. The van der Waals surface area contributed by atoms with Crippen LogP contribution in [0.2, 0.25) is 0 Å². The molecule has 3 rings (SSSR count). The van der Waals surface area contributed by atoms with Crippen LogP contribution in [0.25, 0.3) is 23.1 Å². The van der Waals surface area contributed by atoms with E-state index in [0.717, 1.165) is 17.9 Å². The molecule has 0 saturated carbocycles. The fourth-order valence-electron chi connectivity index (χ4n) is 2.63. The molecule has 2 aromatic carbocycles. The number of hydrogen-bond acceptors (Lipinski definition) is 1. The van der Waals surface area contributed by atoms with E-state index in [-0.39, 0.29) is 0 Å². The van der Waals surface area contributed by atoms with Crippen LogP contribution in [0.5, 0.6) is 5.75 Å². The van der Waals surface area contributed by atoms with Crippen molar-refractivity contribution in [1.29, 1.82) is 0 Å². The van der Waals surface area contributed by atoms with Gasteiger partial charge in [-0.2, -0.15) is 4.57 Å². The summed E-state index contributed by atoms with van der Waals surface area (Å²) in [6.07, 6.45) is 6.46. The number of nitrogens with zero attached hydrogens (tertiary/aromatic N) is 1. The summed E-state index contributed by atoms with van der Waals surface area (Å²) in [4.78, 5) is 0. The summed E-state index contributed by atoms with van der Waals surface area (Å²) in [5.74, 6) is 0.881. The molecule has 0 aliphatic rings. The van der Waals surface area contributed by atoms with E-state index >= 15 is 0 Å². The second-order valence-electron chi connectivity index (χ2n) is 5.18. The van der Waals surface area contributed by atoms with Crippen molar-refractivity contribution in [2.45, 2.75) is 13.5 Å². The van der Waals surface area contributed by atoms with Crippen LogP contribution in [0.15, 0.2) is 60.8 Å². The summed E-state index contributed by atoms with van der Waals surface area (Å²) in [6, 6.07) is 18.8. The lowest BCUT2D eigenvalue weighted by Crippen LogP contribution is -2.32. The number of hydrogen-bond donors (Lipinski definition) is 0. The van der Waals surface area contributed by atoms with E-state index in [4.69, 9.17) is 4.74 Å². The highest BCUT2D eigenvalue weighted by Gasteiger charge is 2.08. The van der Waals surface area contributed by atoms with Crippen LogP contribution >= 0.6 is 0 Å². The molecule has 22 heavy (non-hydrogen) atoms. The van der Waals surface area contributed by atoms with Gasteiger partial charge in [0.2, 0.25) is 5.52 Å². The summed E-state index contributed by atoms with van der Waals surface area (Å²) in [6.45, 7) is 3.14. The molecular weight excluding hydrogens is 270 g/mol. The molecule has 2 heteroatoms. The largest absolute Gasteiger partial charge is 0.497 e. The second kappa shape index (κ2) is 6.44. The summed E-state index contributed by atoms with van der Waals surface area (Å²) < 4.78 is 7.45. The molecule has 0 atom stereocenters. The molecule has 0 radical (unpaired) electrons. The van der Waals surface area contributed by atoms with Crippen LogP contribution in [0.3, 0.4) is 0 Å². The topological polar surface area (TPSA) is 13.1 Å². The lowest BCUT2D eigenvalue weighted by molar-refractivity contribution is -0.667. The molecule has 0 unspecified atom stereocenters. The van der Waals surface area contributed by atoms with E-state index < -0.39 is 0 Å². The summed E-state index contributed by atoms with van der Waals surface area (Å²) in [5.41, 5.74) is 3.66. The number of pyridine rings is 1. The first kappa shape index (κ1) is 14.3. The first-order valence-electron chi connectivity index (χ1n) is 7.55. The summed E-state index contributed by atoms with van der Waals surface area (Å²) >= 11 is 0. The molecule has 110 valence electrons. The van der Waals surface area contributed by atoms with Gasteiger partial charge in [0.15, 0.2) is 6.20 Å². The molecule has 1 heterocycles. The van der Waals surface area contributed by atoms with E-state index in [0.29, 0.717) is 0 Å². The highest BCUT2D eigenvalue weighted by Crippen LogP contribution is 2.19. The smallest absolute Gasteiger partial charge is 0.213 e. The van der Waals surface area contributed by atoms with Gasteiger partial charge < -0.3 is 4.74 Å². The average molecular weight is 290 g/mol. The Balaban J connectivity index is 1.98. The number of fused-ring (bicyclic) bond motifs is 1. The van der Waals surface area contributed by atoms with Gasteiger partial charge in [-0.3, -0.25) is 0 Å². The average Bonchev–Trinajstić information content (AvgIpc) is 2.60. The Morgan fingerprint density at radius 2 is 1.73 bits per heavy atom. The van der Waals surface area contributed by atoms with Gasteiger partial charge in [0.1, 0.15) is 12.3 Å². The molecule has 0 aliphatic heterocycles. The zero-order valence-electron chi connectivity index (χ0n) is 13.0. The summed E-state index contributed by atoms with van der Waals surface area (Å²) in [7, 11) is 1.68. The molecule has 0 bridgehead atoms. The van der Waals surface area contributed by atoms with E-state index in [2.05, 4.69) is 72.3 Å². The molecule has 0 spiro atoms. The van der Waals surface area contributed by atoms with Crippen LogP contribution in [0.1, 0.15) is 18.1 Å². The molecule has 3 aromatic rings. The number of methoxy groups -OCH3 is 1. The van der Waals surface area contributed by atoms with Gasteiger partial charge in [-0.1, -0.05) is 36.4 Å². The van der Waals surface area contributed by atoms with Crippen LogP contribution in [-0.2, 0) is 6.54 Å². The van der Waals surface area contributed by atoms with Gasteiger partial charge in [0.05, 0.1) is 12.5 Å². The molecule has 0 fully saturated rings. The van der Waals surface area contributed by atoms with Crippen molar-refractivity contribution in [2.75, 3.05) is 7.11 Å². The van der Waals surface area contributed by atoms with Gasteiger partial charge in [-0.15, -0.1) is 0 Å². The lowest BCUT2D eigenvalue weighted by atomic mass is 10.1. The Morgan fingerprint density at radius 3 is 2.45 bits per heavy atom. The Kier molecular flexibility index (Phi) is 4.19. The van der Waals surface area contributed by atoms with Crippen molar-refractivity contribution < 1.29 is 9.30 Å². The first-order valence-corrected chi connectivity index (χ1v) is 7.55. The van der Waals surface area contributed by atoms with Crippen molar-refractivity contribution in [2.24, 2.45) is 0 Å². The third kappa shape index (κ3) is 2.86. The second-order valence-corrected chi connectivity index (χ2v) is 5.18. The Morgan fingerprint density at radius 1 is 0.955 bits per heavy atom. The van der Waals surface area contributed by atoms with E-state index in [1.165, 1.54) is 16.5 Å². The summed E-state index contributed by atoms with van der Waals surface area (Å²) in [5, 5.41) is 1.27. The fraction of sp³-hybridized carbons (Fsp3) is 0.150. The van der Waals surface area contributed by atoms with Gasteiger partial charge in [-0.05, 0) is 36.2 Å². The van der Waals surface area contributed by atoms with Gasteiger partial charge in [0.25, 0.3) is 0 Å². The van der Waals surface area contributed by atoms with Crippen molar-refractivity contribution in [1.82, 2.24) is 0 Å². The number of aromatic nitrogens is 1. The standard InChI is InChI=1S/C20H20NO/c1-3-21-15-14-17(19-6-4-5-7-20(19)21)11-8-16-9-12-18(22-2)13-10-16/h4-15H,3H2,1-2H3/q+1. The van der Waals surface area contributed by atoms with Gasteiger partial charge in [-0.25, -0.2) is 0 Å². The first-order chi connectivity index (χ1) is 10.8. The zero-order chi connectivity index (χ0) is 15.4. The minimum absolute atomic E-state index is 0.881. The molecule has 0 saturated heterocycles. The third-order valence-corrected chi connectivity index (χ3v) is 3.87. The molecule has 0 N–H and O–H groups in total. The Labute approximate surface area is 131 Å². The highest BCUT2D eigenvalue weighted by atomic mass is 16.5. The number of aryl methyl sites for hydroxylation is 1. The van der Waals surface area contributed by atoms with Crippen molar-refractivity contribution in [3.63, 3.8) is 0 Å². The fourth-order valence-corrected chi connectivity index (χ4v) is 2.63. The maximum atomic E-state index is 5.19. The molecule has 1 aromatic heterocycles. The van der Waals surface area contributed by atoms with Crippen molar-refractivity contribution in [3.05, 3.63) is 71.9 Å². The van der Waals surface area contributed by atoms with Crippen LogP contribution in [-0.4, -0.2) is 7.11 Å². The SMILES string of the molecule is CC[n+]1ccc(C=Cc2ccc(OC)cc2)c2ccccc21. The van der Waals surface area contributed by atoms with E-state index in [9.17, 15) is 0 Å². The minimum Gasteiger partial charge on any atom is -0.497 e. The lowest BCUT2D eigenvalue weighted by Gasteiger charge is -2.03.